The third kappa shape index (κ3) is 7.31. The van der Waals surface area contributed by atoms with E-state index < -0.39 is 0 Å². The number of hydrogen-bond donors (Lipinski definition) is 2. The first-order valence-electron chi connectivity index (χ1n) is 9.46. The predicted octanol–water partition coefficient (Wildman–Crippen LogP) is 3.55. The van der Waals surface area contributed by atoms with E-state index in [0.717, 1.165) is 42.8 Å². The summed E-state index contributed by atoms with van der Waals surface area (Å²) in [6, 6.07) is 6.99. The van der Waals surface area contributed by atoms with Gasteiger partial charge >= 0.3 is 0 Å². The minimum atomic E-state index is 0. The Morgan fingerprint density at radius 1 is 1.31 bits per heavy atom. The predicted molar refractivity (Wildman–Crippen MR) is 121 cm³/mol. The quantitative estimate of drug-likeness (QED) is 0.275. The fourth-order valence-corrected chi connectivity index (χ4v) is 3.44. The van der Waals surface area contributed by atoms with E-state index in [-0.39, 0.29) is 24.0 Å². The van der Waals surface area contributed by atoms with E-state index in [1.54, 1.807) is 7.11 Å². The normalized spacial score (nSPS) is 18.2. The molecule has 2 N–H and O–H groups in total. The summed E-state index contributed by atoms with van der Waals surface area (Å²) in [4.78, 5) is 6.93. The van der Waals surface area contributed by atoms with Crippen molar-refractivity contribution < 1.29 is 4.74 Å². The Kier molecular flexibility index (Phi) is 11.0. The van der Waals surface area contributed by atoms with Crippen LogP contribution in [0.3, 0.4) is 0 Å². The number of aryl methyl sites for hydroxylation is 1. The van der Waals surface area contributed by atoms with Gasteiger partial charge in [0, 0.05) is 32.7 Å². The summed E-state index contributed by atoms with van der Waals surface area (Å²) in [7, 11) is 3.53. The minimum Gasteiger partial charge on any atom is -0.496 e. The Hall–Kier alpha value is -1.02. The Morgan fingerprint density at radius 2 is 2.12 bits per heavy atom. The van der Waals surface area contributed by atoms with Gasteiger partial charge in [-0.15, -0.1) is 24.0 Å². The van der Waals surface area contributed by atoms with Crippen LogP contribution in [0.5, 0.6) is 5.75 Å². The second-order valence-electron chi connectivity index (χ2n) is 6.89. The van der Waals surface area contributed by atoms with Gasteiger partial charge in [0.1, 0.15) is 5.75 Å². The van der Waals surface area contributed by atoms with Crippen LogP contribution in [0, 0.1) is 6.92 Å². The van der Waals surface area contributed by atoms with Crippen molar-refractivity contribution in [2.75, 3.05) is 33.8 Å². The van der Waals surface area contributed by atoms with E-state index >= 15 is 0 Å². The second-order valence-corrected chi connectivity index (χ2v) is 6.89. The second kappa shape index (κ2) is 12.4. The number of guanidine groups is 1. The van der Waals surface area contributed by atoms with Crippen LogP contribution >= 0.6 is 24.0 Å². The lowest BCUT2D eigenvalue weighted by Crippen LogP contribution is -2.41. The molecule has 0 amide bonds. The van der Waals surface area contributed by atoms with Gasteiger partial charge in [0.15, 0.2) is 5.96 Å². The zero-order valence-electron chi connectivity index (χ0n) is 16.7. The Balaban J connectivity index is 0.00000338. The van der Waals surface area contributed by atoms with Gasteiger partial charge in [-0.05, 0) is 56.8 Å². The topological polar surface area (TPSA) is 48.9 Å². The first-order chi connectivity index (χ1) is 12.1. The van der Waals surface area contributed by atoms with Gasteiger partial charge in [-0.1, -0.05) is 18.6 Å². The number of piperidine rings is 1. The van der Waals surface area contributed by atoms with Crippen molar-refractivity contribution in [3.05, 3.63) is 29.3 Å². The standard InChI is InChI=1S/C20H34N4O.HI/c1-16-14-18(9-10-19(16)25-4)15-23-20(21-3)22-11-7-13-24-12-6-5-8-17(24)2;/h9-10,14,17H,5-8,11-13,15H2,1-4H3,(H2,21,22,23);1H. The summed E-state index contributed by atoms with van der Waals surface area (Å²) in [5.74, 6) is 1.79. The Bertz CT molecular complexity index is 565. The molecular formula is C20H35IN4O. The average molecular weight is 474 g/mol. The maximum absolute atomic E-state index is 5.31. The van der Waals surface area contributed by atoms with Crippen LogP contribution < -0.4 is 15.4 Å². The molecule has 1 heterocycles. The molecule has 0 saturated carbocycles. The Labute approximate surface area is 176 Å². The molecule has 2 rings (SSSR count). The molecule has 0 radical (unpaired) electrons. The number of hydrogen-bond acceptors (Lipinski definition) is 3. The van der Waals surface area contributed by atoms with Crippen molar-refractivity contribution in [2.24, 2.45) is 4.99 Å². The van der Waals surface area contributed by atoms with Gasteiger partial charge in [-0.3, -0.25) is 4.99 Å². The molecule has 6 heteroatoms. The van der Waals surface area contributed by atoms with E-state index in [1.807, 2.05) is 13.1 Å². The summed E-state index contributed by atoms with van der Waals surface area (Å²) in [5.41, 5.74) is 2.38. The molecule has 5 nitrogen and oxygen atoms in total. The molecule has 1 aromatic rings. The van der Waals surface area contributed by atoms with Gasteiger partial charge in [0.05, 0.1) is 7.11 Å². The summed E-state index contributed by atoms with van der Waals surface area (Å²) in [5, 5.41) is 6.80. The van der Waals surface area contributed by atoms with Gasteiger partial charge in [-0.25, -0.2) is 0 Å². The average Bonchev–Trinajstić information content (AvgIpc) is 2.62. The van der Waals surface area contributed by atoms with Crippen LogP contribution in [0.4, 0.5) is 0 Å². The van der Waals surface area contributed by atoms with Crippen LogP contribution in [-0.4, -0.2) is 50.7 Å². The highest BCUT2D eigenvalue weighted by atomic mass is 127. The number of rotatable bonds is 7. The molecule has 0 aliphatic carbocycles. The molecule has 1 atom stereocenters. The highest BCUT2D eigenvalue weighted by Gasteiger charge is 2.17. The van der Waals surface area contributed by atoms with Gasteiger partial charge in [0.25, 0.3) is 0 Å². The summed E-state index contributed by atoms with van der Waals surface area (Å²) in [6.07, 6.45) is 5.23. The van der Waals surface area contributed by atoms with Crippen LogP contribution in [-0.2, 0) is 6.54 Å². The molecule has 0 spiro atoms. The van der Waals surface area contributed by atoms with Crippen LogP contribution in [0.2, 0.25) is 0 Å². The van der Waals surface area contributed by atoms with Crippen molar-refractivity contribution in [3.8, 4) is 5.75 Å². The zero-order chi connectivity index (χ0) is 18.1. The van der Waals surface area contributed by atoms with Crippen molar-refractivity contribution in [2.45, 2.75) is 52.1 Å². The lowest BCUT2D eigenvalue weighted by atomic mass is 10.0. The number of nitrogens with one attached hydrogen (secondary N) is 2. The molecule has 0 aromatic heterocycles. The largest absolute Gasteiger partial charge is 0.496 e. The molecule has 0 bridgehead atoms. The Morgan fingerprint density at radius 3 is 2.77 bits per heavy atom. The third-order valence-corrected chi connectivity index (χ3v) is 5.00. The number of ether oxygens (including phenoxy) is 1. The molecule has 26 heavy (non-hydrogen) atoms. The molecule has 1 aromatic carbocycles. The van der Waals surface area contributed by atoms with E-state index in [4.69, 9.17) is 4.74 Å². The fourth-order valence-electron chi connectivity index (χ4n) is 3.44. The molecule has 1 saturated heterocycles. The van der Waals surface area contributed by atoms with Gasteiger partial charge < -0.3 is 20.3 Å². The third-order valence-electron chi connectivity index (χ3n) is 5.00. The van der Waals surface area contributed by atoms with E-state index in [0.29, 0.717) is 0 Å². The zero-order valence-corrected chi connectivity index (χ0v) is 19.0. The van der Waals surface area contributed by atoms with Crippen molar-refractivity contribution in [3.63, 3.8) is 0 Å². The highest BCUT2D eigenvalue weighted by molar-refractivity contribution is 14.0. The SMILES string of the molecule is CN=C(NCCCN1CCCCC1C)NCc1ccc(OC)c(C)c1.I. The number of nitrogens with zero attached hydrogens (tertiary/aromatic N) is 2. The summed E-state index contributed by atoms with van der Waals surface area (Å²) < 4.78 is 5.31. The smallest absolute Gasteiger partial charge is 0.191 e. The fraction of sp³-hybridized carbons (Fsp3) is 0.650. The number of likely N-dealkylation sites (tertiary alicyclic amines) is 1. The molecule has 1 aliphatic rings. The van der Waals surface area contributed by atoms with Crippen LogP contribution in [0.15, 0.2) is 23.2 Å². The summed E-state index contributed by atoms with van der Waals surface area (Å²) in [6.45, 7) is 8.55. The molecule has 1 unspecified atom stereocenters. The van der Waals surface area contributed by atoms with E-state index in [9.17, 15) is 0 Å². The van der Waals surface area contributed by atoms with E-state index in [2.05, 4.69) is 46.5 Å². The number of halogens is 1. The first-order valence-corrected chi connectivity index (χ1v) is 9.46. The molecule has 1 aliphatic heterocycles. The molecule has 148 valence electrons. The lowest BCUT2D eigenvalue weighted by molar-refractivity contribution is 0.159. The summed E-state index contributed by atoms with van der Waals surface area (Å²) >= 11 is 0. The first kappa shape index (κ1) is 23.0. The molecule has 1 fully saturated rings. The highest BCUT2D eigenvalue weighted by Crippen LogP contribution is 2.18. The van der Waals surface area contributed by atoms with Crippen molar-refractivity contribution in [1.29, 1.82) is 0 Å². The lowest BCUT2D eigenvalue weighted by Gasteiger charge is -2.33. The minimum absolute atomic E-state index is 0. The maximum atomic E-state index is 5.31. The van der Waals surface area contributed by atoms with Crippen LogP contribution in [0.1, 0.15) is 43.7 Å². The van der Waals surface area contributed by atoms with E-state index in [1.165, 1.54) is 37.9 Å². The monoisotopic (exact) mass is 474 g/mol. The number of methoxy groups -OCH3 is 1. The maximum Gasteiger partial charge on any atom is 0.191 e. The number of benzene rings is 1. The van der Waals surface area contributed by atoms with Crippen molar-refractivity contribution in [1.82, 2.24) is 15.5 Å². The number of aliphatic imine (C=N–C) groups is 1. The van der Waals surface area contributed by atoms with Gasteiger partial charge in [0.2, 0.25) is 0 Å². The van der Waals surface area contributed by atoms with Gasteiger partial charge in [-0.2, -0.15) is 0 Å². The van der Waals surface area contributed by atoms with Crippen LogP contribution in [0.25, 0.3) is 0 Å². The van der Waals surface area contributed by atoms with Crippen molar-refractivity contribution >= 4 is 29.9 Å². The molecular weight excluding hydrogens is 439 g/mol.